The molecular weight excluding hydrogens is 499 g/mol. The third-order valence-electron chi connectivity index (χ3n) is 7.41. The number of carbonyl (C=O) groups excluding carboxylic acids is 1. The molecule has 3 heterocycles. The molecule has 1 aliphatic carbocycles. The molecule has 0 saturated carbocycles. The van der Waals surface area contributed by atoms with E-state index in [1.165, 1.54) is 34.4 Å². The summed E-state index contributed by atoms with van der Waals surface area (Å²) in [4.78, 5) is 21.3. The molecule has 1 fully saturated rings. The van der Waals surface area contributed by atoms with Crippen LogP contribution >= 0.6 is 11.3 Å². The fourth-order valence-corrected chi connectivity index (χ4v) is 6.25. The van der Waals surface area contributed by atoms with Gasteiger partial charge >= 0.3 is 6.03 Å². The molecule has 1 aliphatic heterocycles. The lowest BCUT2D eigenvalue weighted by Gasteiger charge is -2.32. The number of hydrogen-bond donors (Lipinski definition) is 2. The number of likely N-dealkylation sites (N-methyl/N-ethyl adjacent to an activating group) is 1. The number of amides is 2. The predicted molar refractivity (Wildman–Crippen MR) is 150 cm³/mol. The lowest BCUT2D eigenvalue weighted by Crippen LogP contribution is -2.43. The maximum Gasteiger partial charge on any atom is 0.321 e. The summed E-state index contributed by atoms with van der Waals surface area (Å²) < 4.78 is 13.1. The Balaban J connectivity index is 1.13. The summed E-state index contributed by atoms with van der Waals surface area (Å²) in [5, 5.41) is 10.8. The van der Waals surface area contributed by atoms with Crippen molar-refractivity contribution in [2.75, 3.05) is 45.6 Å². The minimum Gasteiger partial charge on any atom is -0.322 e. The molecule has 1 saturated heterocycles. The van der Waals surface area contributed by atoms with Crippen molar-refractivity contribution >= 4 is 23.1 Å². The molecule has 196 valence electrons. The van der Waals surface area contributed by atoms with E-state index in [-0.39, 0.29) is 11.8 Å². The van der Waals surface area contributed by atoms with E-state index in [1.54, 1.807) is 35.4 Å². The van der Waals surface area contributed by atoms with Crippen LogP contribution in [0, 0.1) is 5.82 Å². The zero-order valence-corrected chi connectivity index (χ0v) is 22.4. The number of benzene rings is 2. The quantitative estimate of drug-likeness (QED) is 0.314. The van der Waals surface area contributed by atoms with Crippen LogP contribution in [-0.4, -0.2) is 71.2 Å². The SMILES string of the molecule is CN1CCN(Cc2ccc3c(c2)-c2n[nH]c(-c4ccc(CN(C)C(=O)Nc5ccc(F)cc5)s4)c2C3)CC1. The molecule has 9 heteroatoms. The van der Waals surface area contributed by atoms with Gasteiger partial charge in [-0.05, 0) is 60.6 Å². The molecule has 2 aliphatic rings. The molecule has 2 aromatic heterocycles. The van der Waals surface area contributed by atoms with Crippen molar-refractivity contribution in [1.82, 2.24) is 24.9 Å². The Morgan fingerprint density at radius 2 is 1.89 bits per heavy atom. The maximum absolute atomic E-state index is 13.1. The highest BCUT2D eigenvalue weighted by Crippen LogP contribution is 2.42. The van der Waals surface area contributed by atoms with E-state index in [0.29, 0.717) is 12.2 Å². The Labute approximate surface area is 225 Å². The summed E-state index contributed by atoms with van der Waals surface area (Å²) in [5.41, 5.74) is 7.83. The van der Waals surface area contributed by atoms with Crippen LogP contribution < -0.4 is 5.32 Å². The number of nitrogens with one attached hydrogen (secondary N) is 2. The summed E-state index contributed by atoms with van der Waals surface area (Å²) in [6, 6.07) is 16.5. The van der Waals surface area contributed by atoms with Crippen LogP contribution in [0.4, 0.5) is 14.9 Å². The molecule has 38 heavy (non-hydrogen) atoms. The van der Waals surface area contributed by atoms with Crippen molar-refractivity contribution in [3.05, 3.63) is 82.0 Å². The second kappa shape index (κ2) is 10.3. The second-order valence-corrected chi connectivity index (χ2v) is 11.4. The van der Waals surface area contributed by atoms with Gasteiger partial charge in [-0.1, -0.05) is 12.1 Å². The first-order valence-electron chi connectivity index (χ1n) is 12.9. The second-order valence-electron chi connectivity index (χ2n) is 10.2. The van der Waals surface area contributed by atoms with E-state index in [2.05, 4.69) is 57.6 Å². The molecule has 2 N–H and O–H groups in total. The average molecular weight is 531 g/mol. The van der Waals surface area contributed by atoms with E-state index in [0.717, 1.165) is 60.3 Å². The van der Waals surface area contributed by atoms with Crippen LogP contribution in [0.2, 0.25) is 0 Å². The van der Waals surface area contributed by atoms with Gasteiger partial charge < -0.3 is 15.1 Å². The number of urea groups is 1. The largest absolute Gasteiger partial charge is 0.322 e. The maximum atomic E-state index is 13.1. The van der Waals surface area contributed by atoms with E-state index < -0.39 is 0 Å². The summed E-state index contributed by atoms with van der Waals surface area (Å²) in [6.07, 6.45) is 0.874. The van der Waals surface area contributed by atoms with Crippen molar-refractivity contribution < 1.29 is 9.18 Å². The number of piperazine rings is 1. The minimum absolute atomic E-state index is 0.239. The van der Waals surface area contributed by atoms with Gasteiger partial charge in [0.05, 0.1) is 22.8 Å². The number of aromatic amines is 1. The molecule has 2 aromatic carbocycles. The number of halogens is 1. The van der Waals surface area contributed by atoms with Gasteiger partial charge in [0, 0.05) is 67.9 Å². The Hall–Kier alpha value is -3.53. The highest BCUT2D eigenvalue weighted by Gasteiger charge is 2.27. The zero-order valence-electron chi connectivity index (χ0n) is 21.6. The van der Waals surface area contributed by atoms with Crippen molar-refractivity contribution in [1.29, 1.82) is 0 Å². The topological polar surface area (TPSA) is 67.5 Å². The number of hydrogen-bond acceptors (Lipinski definition) is 5. The predicted octanol–water partition coefficient (Wildman–Crippen LogP) is 5.26. The number of thiophene rings is 1. The third kappa shape index (κ3) is 5.09. The number of rotatable bonds is 6. The molecule has 7 nitrogen and oxygen atoms in total. The van der Waals surface area contributed by atoms with Gasteiger partial charge in [0.1, 0.15) is 5.82 Å². The van der Waals surface area contributed by atoms with Gasteiger partial charge in [-0.15, -0.1) is 11.3 Å². The van der Waals surface area contributed by atoms with Crippen LogP contribution in [0.1, 0.15) is 21.6 Å². The van der Waals surface area contributed by atoms with Gasteiger partial charge in [-0.2, -0.15) is 5.10 Å². The molecule has 0 bridgehead atoms. The first kappa shape index (κ1) is 24.8. The summed E-state index contributed by atoms with van der Waals surface area (Å²) in [6.45, 7) is 5.91. The highest BCUT2D eigenvalue weighted by atomic mass is 32.1. The summed E-state index contributed by atoms with van der Waals surface area (Å²) >= 11 is 1.66. The number of nitrogens with zero attached hydrogens (tertiary/aromatic N) is 4. The Bertz CT molecular complexity index is 1450. The van der Waals surface area contributed by atoms with Crippen LogP contribution in [-0.2, 0) is 19.5 Å². The lowest BCUT2D eigenvalue weighted by molar-refractivity contribution is 0.148. The number of carbonyl (C=O) groups is 1. The molecule has 6 rings (SSSR count). The van der Waals surface area contributed by atoms with Crippen LogP contribution in [0.5, 0.6) is 0 Å². The number of aromatic nitrogens is 2. The van der Waals surface area contributed by atoms with Gasteiger partial charge in [0.25, 0.3) is 0 Å². The molecule has 0 unspecified atom stereocenters. The molecule has 0 atom stereocenters. The number of fused-ring (bicyclic) bond motifs is 3. The lowest BCUT2D eigenvalue weighted by atomic mass is 10.0. The first-order valence-corrected chi connectivity index (χ1v) is 13.7. The number of anilines is 1. The number of H-pyrrole nitrogens is 1. The standard InChI is InChI=1S/C29H31FN6OS/c1-34-11-13-36(14-12-34)17-19-3-4-20-16-25-27(24(20)15-19)32-33-28(25)26-10-9-23(38-26)18-35(2)29(37)31-22-7-5-21(30)6-8-22/h3-10,15H,11-14,16-18H2,1-2H3,(H,31,37)(H,32,33). The van der Waals surface area contributed by atoms with Crippen molar-refractivity contribution in [3.8, 4) is 21.8 Å². The summed E-state index contributed by atoms with van der Waals surface area (Å²) in [7, 11) is 3.94. The van der Waals surface area contributed by atoms with Crippen molar-refractivity contribution in [2.45, 2.75) is 19.5 Å². The first-order chi connectivity index (χ1) is 18.4. The monoisotopic (exact) mass is 530 g/mol. The van der Waals surface area contributed by atoms with Gasteiger partial charge in [-0.3, -0.25) is 10.00 Å². The minimum atomic E-state index is -0.332. The van der Waals surface area contributed by atoms with E-state index in [1.807, 2.05) is 0 Å². The van der Waals surface area contributed by atoms with Crippen molar-refractivity contribution in [2.24, 2.45) is 0 Å². The third-order valence-corrected chi connectivity index (χ3v) is 8.50. The zero-order chi connectivity index (χ0) is 26.2. The van der Waals surface area contributed by atoms with Crippen molar-refractivity contribution in [3.63, 3.8) is 0 Å². The molecule has 0 spiro atoms. The Morgan fingerprint density at radius 3 is 2.68 bits per heavy atom. The van der Waals surface area contributed by atoms with E-state index in [4.69, 9.17) is 5.10 Å². The smallest absolute Gasteiger partial charge is 0.321 e. The molecule has 4 aromatic rings. The highest BCUT2D eigenvalue weighted by molar-refractivity contribution is 7.15. The van der Waals surface area contributed by atoms with Crippen LogP contribution in [0.15, 0.2) is 54.6 Å². The van der Waals surface area contributed by atoms with Gasteiger partial charge in [0.15, 0.2) is 0 Å². The Kier molecular flexibility index (Phi) is 6.73. The van der Waals surface area contributed by atoms with Crippen LogP contribution in [0.3, 0.4) is 0 Å². The van der Waals surface area contributed by atoms with E-state index in [9.17, 15) is 9.18 Å². The molecular formula is C29H31FN6OS. The van der Waals surface area contributed by atoms with E-state index >= 15 is 0 Å². The molecule has 2 amide bonds. The van der Waals surface area contributed by atoms with Gasteiger partial charge in [-0.25, -0.2) is 9.18 Å². The van der Waals surface area contributed by atoms with Gasteiger partial charge in [0.2, 0.25) is 0 Å². The summed E-state index contributed by atoms with van der Waals surface area (Å²) in [5.74, 6) is -0.332. The average Bonchev–Trinajstić information content (AvgIpc) is 3.62. The fourth-order valence-electron chi connectivity index (χ4n) is 5.17. The fraction of sp³-hybridized carbons (Fsp3) is 0.310. The molecule has 0 radical (unpaired) electrons. The Morgan fingerprint density at radius 1 is 1.11 bits per heavy atom. The van der Waals surface area contributed by atoms with Crippen LogP contribution in [0.25, 0.3) is 21.8 Å². The normalized spacial score (nSPS) is 15.3.